The number of halogens is 1. The molecular formula is C9H18ClNO. The van der Waals surface area contributed by atoms with Gasteiger partial charge in [-0.1, -0.05) is 13.3 Å². The van der Waals surface area contributed by atoms with Crippen LogP contribution in [0.3, 0.4) is 0 Å². The lowest BCUT2D eigenvalue weighted by atomic mass is 9.95. The van der Waals surface area contributed by atoms with Crippen LogP contribution in [0.1, 0.15) is 33.6 Å². The number of rotatable bonds is 5. The Morgan fingerprint density at radius 2 is 2.08 bits per heavy atom. The van der Waals surface area contributed by atoms with E-state index < -0.39 is 5.41 Å². The Labute approximate surface area is 79.7 Å². The van der Waals surface area contributed by atoms with Gasteiger partial charge in [0.1, 0.15) is 0 Å². The average Bonchev–Trinajstić information content (AvgIpc) is 2.05. The molecule has 72 valence electrons. The summed E-state index contributed by atoms with van der Waals surface area (Å²) >= 11 is 5.64. The first-order chi connectivity index (χ1) is 5.54. The normalized spacial score (nSPS) is 11.3. The molecule has 0 aromatic rings. The van der Waals surface area contributed by atoms with E-state index in [2.05, 4.69) is 12.2 Å². The van der Waals surface area contributed by atoms with Crippen LogP contribution in [0.4, 0.5) is 0 Å². The van der Waals surface area contributed by atoms with E-state index in [9.17, 15) is 4.79 Å². The van der Waals surface area contributed by atoms with Crippen LogP contribution in [-0.4, -0.2) is 18.3 Å². The molecule has 0 saturated heterocycles. The number of nitrogens with one attached hydrogen (secondary N) is 1. The summed E-state index contributed by atoms with van der Waals surface area (Å²) in [6.45, 7) is 6.55. The quantitative estimate of drug-likeness (QED) is 0.524. The predicted octanol–water partition coefficient (Wildman–Crippen LogP) is 2.17. The number of carbonyl (C=O) groups excluding carboxylic acids is 1. The van der Waals surface area contributed by atoms with Gasteiger partial charge in [-0.05, 0) is 20.3 Å². The summed E-state index contributed by atoms with van der Waals surface area (Å²) in [4.78, 5) is 11.4. The molecular weight excluding hydrogens is 174 g/mol. The summed E-state index contributed by atoms with van der Waals surface area (Å²) in [5.41, 5.74) is -0.435. The van der Waals surface area contributed by atoms with Crippen LogP contribution >= 0.6 is 11.6 Å². The third kappa shape index (κ3) is 3.96. The highest BCUT2D eigenvalue weighted by molar-refractivity contribution is 6.19. The van der Waals surface area contributed by atoms with Gasteiger partial charge in [0.2, 0.25) is 5.91 Å². The second-order valence-electron chi connectivity index (χ2n) is 3.63. The van der Waals surface area contributed by atoms with Gasteiger partial charge in [-0.2, -0.15) is 0 Å². The van der Waals surface area contributed by atoms with Crippen LogP contribution in [0.2, 0.25) is 0 Å². The zero-order valence-electron chi connectivity index (χ0n) is 8.11. The van der Waals surface area contributed by atoms with Crippen molar-refractivity contribution in [3.05, 3.63) is 0 Å². The van der Waals surface area contributed by atoms with Crippen molar-refractivity contribution in [3.63, 3.8) is 0 Å². The van der Waals surface area contributed by atoms with Crippen molar-refractivity contribution in [1.82, 2.24) is 5.32 Å². The van der Waals surface area contributed by atoms with Crippen molar-refractivity contribution < 1.29 is 4.79 Å². The highest BCUT2D eigenvalue weighted by atomic mass is 35.5. The molecule has 0 unspecified atom stereocenters. The van der Waals surface area contributed by atoms with Crippen molar-refractivity contribution in [1.29, 1.82) is 0 Å². The summed E-state index contributed by atoms with van der Waals surface area (Å²) in [6, 6.07) is 0. The first kappa shape index (κ1) is 11.8. The Kier molecular flexibility index (Phi) is 5.31. The minimum atomic E-state index is -0.435. The third-order valence-corrected chi connectivity index (χ3v) is 2.43. The maximum atomic E-state index is 11.4. The molecule has 0 aliphatic heterocycles. The molecule has 0 bridgehead atoms. The monoisotopic (exact) mass is 191 g/mol. The second kappa shape index (κ2) is 5.41. The summed E-state index contributed by atoms with van der Waals surface area (Å²) in [6.07, 6.45) is 2.13. The van der Waals surface area contributed by atoms with Gasteiger partial charge in [0.25, 0.3) is 0 Å². The molecule has 0 aromatic heterocycles. The van der Waals surface area contributed by atoms with E-state index >= 15 is 0 Å². The van der Waals surface area contributed by atoms with Gasteiger partial charge in [-0.15, -0.1) is 11.6 Å². The van der Waals surface area contributed by atoms with E-state index in [0.29, 0.717) is 5.88 Å². The van der Waals surface area contributed by atoms with Gasteiger partial charge in [-0.25, -0.2) is 0 Å². The zero-order chi connectivity index (χ0) is 9.61. The molecule has 0 radical (unpaired) electrons. The predicted molar refractivity (Wildman–Crippen MR) is 52.4 cm³/mol. The second-order valence-corrected chi connectivity index (χ2v) is 3.89. The highest BCUT2D eigenvalue weighted by Crippen LogP contribution is 2.16. The maximum absolute atomic E-state index is 11.4. The zero-order valence-corrected chi connectivity index (χ0v) is 8.87. The minimum absolute atomic E-state index is 0.0472. The van der Waals surface area contributed by atoms with E-state index in [1.54, 1.807) is 0 Å². The van der Waals surface area contributed by atoms with Gasteiger partial charge < -0.3 is 5.32 Å². The van der Waals surface area contributed by atoms with Crippen molar-refractivity contribution in [3.8, 4) is 0 Å². The van der Waals surface area contributed by atoms with Gasteiger partial charge in [0, 0.05) is 12.4 Å². The first-order valence-electron chi connectivity index (χ1n) is 4.39. The van der Waals surface area contributed by atoms with Crippen molar-refractivity contribution >= 4 is 17.5 Å². The van der Waals surface area contributed by atoms with Gasteiger partial charge in [0.15, 0.2) is 0 Å². The lowest BCUT2D eigenvalue weighted by Gasteiger charge is -2.20. The molecule has 0 saturated carbocycles. The average molecular weight is 192 g/mol. The third-order valence-electron chi connectivity index (χ3n) is 1.76. The number of hydrogen-bond acceptors (Lipinski definition) is 1. The molecule has 0 atom stereocenters. The maximum Gasteiger partial charge on any atom is 0.226 e. The smallest absolute Gasteiger partial charge is 0.226 e. The van der Waals surface area contributed by atoms with Gasteiger partial charge >= 0.3 is 0 Å². The number of carbonyl (C=O) groups is 1. The van der Waals surface area contributed by atoms with Crippen molar-refractivity contribution in [2.45, 2.75) is 33.6 Å². The Morgan fingerprint density at radius 3 is 2.50 bits per heavy atom. The van der Waals surface area contributed by atoms with Crippen LogP contribution < -0.4 is 5.32 Å². The highest BCUT2D eigenvalue weighted by Gasteiger charge is 2.25. The van der Waals surface area contributed by atoms with Crippen LogP contribution in [-0.2, 0) is 4.79 Å². The number of unbranched alkanes of at least 4 members (excludes halogenated alkanes) is 1. The molecule has 0 heterocycles. The largest absolute Gasteiger partial charge is 0.356 e. The molecule has 2 nitrogen and oxygen atoms in total. The van der Waals surface area contributed by atoms with E-state index in [0.717, 1.165) is 19.4 Å². The molecule has 0 fully saturated rings. The fraction of sp³-hybridized carbons (Fsp3) is 0.889. The van der Waals surface area contributed by atoms with E-state index in [1.165, 1.54) is 0 Å². The first-order valence-corrected chi connectivity index (χ1v) is 4.92. The molecule has 0 spiro atoms. The van der Waals surface area contributed by atoms with Crippen LogP contribution in [0.15, 0.2) is 0 Å². The standard InChI is InChI=1S/C9H18ClNO/c1-4-5-6-11-8(12)9(2,3)7-10/h4-7H2,1-3H3,(H,11,12). The Balaban J connectivity index is 3.72. The molecule has 0 aliphatic carbocycles. The topological polar surface area (TPSA) is 29.1 Å². The molecule has 0 aromatic carbocycles. The van der Waals surface area contributed by atoms with Crippen molar-refractivity contribution in [2.24, 2.45) is 5.41 Å². The Morgan fingerprint density at radius 1 is 1.50 bits per heavy atom. The van der Waals surface area contributed by atoms with Crippen molar-refractivity contribution in [2.75, 3.05) is 12.4 Å². The lowest BCUT2D eigenvalue weighted by Crippen LogP contribution is -2.38. The number of amides is 1. The Hall–Kier alpha value is -0.240. The molecule has 3 heteroatoms. The van der Waals surface area contributed by atoms with E-state index in [1.807, 2.05) is 13.8 Å². The van der Waals surface area contributed by atoms with Crippen LogP contribution in [0.5, 0.6) is 0 Å². The minimum Gasteiger partial charge on any atom is -0.356 e. The van der Waals surface area contributed by atoms with E-state index in [-0.39, 0.29) is 5.91 Å². The summed E-state index contributed by atoms with van der Waals surface area (Å²) < 4.78 is 0. The molecule has 1 amide bonds. The molecule has 0 rings (SSSR count). The summed E-state index contributed by atoms with van der Waals surface area (Å²) in [5, 5.41) is 2.85. The Bertz CT molecular complexity index is 145. The lowest BCUT2D eigenvalue weighted by molar-refractivity contribution is -0.128. The van der Waals surface area contributed by atoms with E-state index in [4.69, 9.17) is 11.6 Å². The number of hydrogen-bond donors (Lipinski definition) is 1. The summed E-state index contributed by atoms with van der Waals surface area (Å²) in [7, 11) is 0. The van der Waals surface area contributed by atoms with Gasteiger partial charge in [-0.3, -0.25) is 4.79 Å². The molecule has 12 heavy (non-hydrogen) atoms. The van der Waals surface area contributed by atoms with Crippen LogP contribution in [0, 0.1) is 5.41 Å². The molecule has 0 aliphatic rings. The SMILES string of the molecule is CCCCNC(=O)C(C)(C)CCl. The number of alkyl halides is 1. The molecule has 1 N–H and O–H groups in total. The summed E-state index contributed by atoms with van der Waals surface area (Å²) in [5.74, 6) is 0.413. The van der Waals surface area contributed by atoms with Crippen LogP contribution in [0.25, 0.3) is 0 Å². The van der Waals surface area contributed by atoms with Gasteiger partial charge in [0.05, 0.1) is 5.41 Å². The fourth-order valence-electron chi connectivity index (χ4n) is 0.679. The fourth-order valence-corrected chi connectivity index (χ4v) is 0.800.